The average molecular weight is 476 g/mol. The molecule has 1 aromatic carbocycles. The van der Waals surface area contributed by atoms with Crippen LogP contribution in [-0.4, -0.2) is 34.7 Å². The van der Waals surface area contributed by atoms with Gasteiger partial charge in [-0.1, -0.05) is 72.9 Å². The second-order valence-corrected chi connectivity index (χ2v) is 7.60. The first-order valence-electron chi connectivity index (χ1n) is 9.91. The molecule has 2 radical (unpaired) electrons. The average Bonchev–Trinajstić information content (AvgIpc) is 3.46. The van der Waals surface area contributed by atoms with E-state index in [0.717, 1.165) is 0 Å². The predicted molar refractivity (Wildman–Crippen MR) is 114 cm³/mol. The number of hydrogen-bond acceptors (Lipinski definition) is 6. The molecule has 1 saturated heterocycles. The molecule has 2 aliphatic carbocycles. The van der Waals surface area contributed by atoms with Gasteiger partial charge < -0.3 is 14.6 Å². The third-order valence-corrected chi connectivity index (χ3v) is 4.85. The first-order chi connectivity index (χ1) is 14.8. The normalized spacial score (nSPS) is 20.3. The fourth-order valence-electron chi connectivity index (χ4n) is 3.41. The number of benzene rings is 1. The van der Waals surface area contributed by atoms with Crippen molar-refractivity contribution in [3.8, 4) is 0 Å². The number of hydrogen-bond donors (Lipinski definition) is 1. The van der Waals surface area contributed by atoms with Gasteiger partial charge in [0.05, 0.1) is 12.0 Å². The summed E-state index contributed by atoms with van der Waals surface area (Å²) in [4.78, 5) is 38.0. The van der Waals surface area contributed by atoms with Crippen LogP contribution < -0.4 is 0 Å². The maximum atomic E-state index is 13.1. The Kier molecular flexibility index (Phi) is 8.96. The van der Waals surface area contributed by atoms with Gasteiger partial charge in [-0.05, 0) is 5.57 Å². The first-order valence-corrected chi connectivity index (χ1v) is 9.91. The Labute approximate surface area is 198 Å². The molecule has 0 bridgehead atoms. The molecule has 32 heavy (non-hydrogen) atoms. The van der Waals surface area contributed by atoms with E-state index in [9.17, 15) is 19.5 Å². The number of cyclic esters (lactones) is 2. The van der Waals surface area contributed by atoms with Crippen molar-refractivity contribution in [1.82, 2.24) is 0 Å². The summed E-state index contributed by atoms with van der Waals surface area (Å²) in [7, 11) is 0. The molecule has 1 N–H and O–H groups in total. The standard InChI is InChI=1S/C20H19O6.C5H5.Fe/c1-20(2)25-18(23)15(19(24)26-20)14(17(22)13-10-6-7-11-13)16(21)12-8-4-3-5-9-12;1-2-4-5-3-1;/h3-11,14-15,17,22H,1-2H3;1-5H;/t14-,17-;;/m0../s1. The zero-order valence-corrected chi connectivity index (χ0v) is 18.8. The van der Waals surface area contributed by atoms with Crippen LogP contribution in [0.4, 0.5) is 0 Å². The largest absolute Gasteiger partial charge is 0.422 e. The van der Waals surface area contributed by atoms with Gasteiger partial charge in [0.1, 0.15) is 0 Å². The molecule has 1 heterocycles. The summed E-state index contributed by atoms with van der Waals surface area (Å²) in [6.45, 7) is 2.86. The molecular formula is C25H24FeO6. The smallest absolute Gasteiger partial charge is 0.324 e. The minimum absolute atomic E-state index is 0. The monoisotopic (exact) mass is 476 g/mol. The van der Waals surface area contributed by atoms with Crippen LogP contribution in [0.15, 0.2) is 78.4 Å². The molecule has 1 aromatic rings. The Morgan fingerprint density at radius 1 is 0.938 bits per heavy atom. The van der Waals surface area contributed by atoms with Crippen LogP contribution in [0.1, 0.15) is 24.2 Å². The maximum Gasteiger partial charge on any atom is 0.324 e. The van der Waals surface area contributed by atoms with E-state index in [1.54, 1.807) is 55.0 Å². The number of allylic oxidation sites excluding steroid dienone is 6. The van der Waals surface area contributed by atoms with E-state index in [1.165, 1.54) is 13.8 Å². The molecule has 4 rings (SSSR count). The third-order valence-electron chi connectivity index (χ3n) is 4.85. The molecular weight excluding hydrogens is 452 g/mol. The van der Waals surface area contributed by atoms with Gasteiger partial charge in [-0.15, -0.1) is 0 Å². The van der Waals surface area contributed by atoms with E-state index in [-0.39, 0.29) is 22.6 Å². The number of Topliss-reactive ketones (excluding diaryl/α,β-unsaturated/α-hetero) is 1. The van der Waals surface area contributed by atoms with Gasteiger partial charge in [0.25, 0.3) is 5.79 Å². The number of carbonyl (C=O) groups excluding carboxylic acids is 3. The van der Waals surface area contributed by atoms with Crippen molar-refractivity contribution in [1.29, 1.82) is 0 Å². The number of rotatable bonds is 5. The molecule has 1 fully saturated rings. The SMILES string of the molecule is CC1(C)OC(=O)C([C@@H](C(=O)c2ccccc2)[C@@H](O)C2=C[CH]C=C2)C(=O)O1.[CH]1C=CC=C1.[Fe]. The molecule has 0 spiro atoms. The third kappa shape index (κ3) is 6.16. The van der Waals surface area contributed by atoms with Gasteiger partial charge in [-0.25, -0.2) is 0 Å². The zero-order chi connectivity index (χ0) is 22.4. The Hall–Kier alpha value is -2.73. The zero-order valence-electron chi connectivity index (χ0n) is 17.7. The van der Waals surface area contributed by atoms with Crippen molar-refractivity contribution in [2.45, 2.75) is 25.7 Å². The van der Waals surface area contributed by atoms with Crippen LogP contribution >= 0.6 is 0 Å². The number of ether oxygens (including phenoxy) is 2. The summed E-state index contributed by atoms with van der Waals surface area (Å²) in [6.07, 6.45) is 15.3. The minimum atomic E-state index is -1.54. The Balaban J connectivity index is 0.000000534. The predicted octanol–water partition coefficient (Wildman–Crippen LogP) is 3.31. The van der Waals surface area contributed by atoms with Gasteiger partial charge in [0, 0.05) is 49.3 Å². The van der Waals surface area contributed by atoms with Gasteiger partial charge in [-0.2, -0.15) is 0 Å². The van der Waals surface area contributed by atoms with E-state index < -0.39 is 41.4 Å². The van der Waals surface area contributed by atoms with Crippen LogP contribution in [0.3, 0.4) is 0 Å². The molecule has 0 saturated carbocycles. The number of aliphatic hydroxyl groups excluding tert-OH is 1. The molecule has 7 heteroatoms. The molecule has 6 nitrogen and oxygen atoms in total. The van der Waals surface area contributed by atoms with Crippen LogP contribution in [0.5, 0.6) is 0 Å². The van der Waals surface area contributed by atoms with Gasteiger partial charge in [-0.3, -0.25) is 14.4 Å². The topological polar surface area (TPSA) is 89.9 Å². The van der Waals surface area contributed by atoms with Crippen molar-refractivity contribution in [3.63, 3.8) is 0 Å². The van der Waals surface area contributed by atoms with Crippen LogP contribution in [-0.2, 0) is 36.1 Å². The second-order valence-electron chi connectivity index (χ2n) is 7.60. The fourth-order valence-corrected chi connectivity index (χ4v) is 3.41. The summed E-state index contributed by atoms with van der Waals surface area (Å²) in [5, 5.41) is 10.8. The second kappa shape index (κ2) is 11.2. The number of carbonyl (C=O) groups is 3. The fraction of sp³-hybridized carbons (Fsp3) is 0.240. The van der Waals surface area contributed by atoms with Crippen molar-refractivity contribution < 1.29 is 46.0 Å². The first kappa shape index (κ1) is 25.5. The van der Waals surface area contributed by atoms with Gasteiger partial charge in [0.15, 0.2) is 11.7 Å². The summed E-state index contributed by atoms with van der Waals surface area (Å²) >= 11 is 0. The summed E-state index contributed by atoms with van der Waals surface area (Å²) in [5.41, 5.74) is 0.721. The van der Waals surface area contributed by atoms with Gasteiger partial charge >= 0.3 is 11.9 Å². The summed E-state index contributed by atoms with van der Waals surface area (Å²) in [6, 6.07) is 8.21. The quantitative estimate of drug-likeness (QED) is 0.304. The number of ketones is 1. The Morgan fingerprint density at radius 3 is 2.00 bits per heavy atom. The van der Waals surface area contributed by atoms with Crippen molar-refractivity contribution >= 4 is 17.7 Å². The Morgan fingerprint density at radius 2 is 1.53 bits per heavy atom. The van der Waals surface area contributed by atoms with Crippen molar-refractivity contribution in [2.75, 3.05) is 0 Å². The summed E-state index contributed by atoms with van der Waals surface area (Å²) in [5.74, 6) is -6.59. The van der Waals surface area contributed by atoms with Crippen molar-refractivity contribution in [2.24, 2.45) is 11.8 Å². The van der Waals surface area contributed by atoms with E-state index in [1.807, 2.05) is 30.7 Å². The molecule has 0 aromatic heterocycles. The van der Waals surface area contributed by atoms with E-state index in [4.69, 9.17) is 9.47 Å². The molecule has 0 unspecified atom stereocenters. The number of esters is 2. The minimum Gasteiger partial charge on any atom is -0.422 e. The molecule has 168 valence electrons. The van der Waals surface area contributed by atoms with E-state index in [0.29, 0.717) is 5.57 Å². The Bertz CT molecular complexity index is 928. The summed E-state index contributed by atoms with van der Waals surface area (Å²) < 4.78 is 10.3. The van der Waals surface area contributed by atoms with Crippen LogP contribution in [0.2, 0.25) is 0 Å². The molecule has 1 aliphatic heterocycles. The molecule has 0 amide bonds. The molecule has 2 atom stereocenters. The van der Waals surface area contributed by atoms with E-state index in [2.05, 4.69) is 0 Å². The maximum absolute atomic E-state index is 13.1. The van der Waals surface area contributed by atoms with Crippen LogP contribution in [0.25, 0.3) is 0 Å². The van der Waals surface area contributed by atoms with E-state index >= 15 is 0 Å². The van der Waals surface area contributed by atoms with Crippen LogP contribution in [0, 0.1) is 24.7 Å². The number of aliphatic hydroxyl groups is 1. The molecule has 3 aliphatic rings. The van der Waals surface area contributed by atoms with Gasteiger partial charge in [0.2, 0.25) is 0 Å². The van der Waals surface area contributed by atoms with Crippen molar-refractivity contribution in [3.05, 3.63) is 96.8 Å².